The van der Waals surface area contributed by atoms with Crippen molar-refractivity contribution in [3.8, 4) is 0 Å². The van der Waals surface area contributed by atoms with Crippen molar-refractivity contribution in [2.75, 3.05) is 30.9 Å². The highest BCUT2D eigenvalue weighted by Gasteiger charge is 2.03. The highest BCUT2D eigenvalue weighted by molar-refractivity contribution is 5.46. The Bertz CT molecular complexity index is 379. The number of nitrogens with zero attached hydrogens (tertiary/aromatic N) is 3. The number of rotatable bonds is 8. The Morgan fingerprint density at radius 1 is 1.26 bits per heavy atom. The maximum absolute atomic E-state index is 5.35. The maximum atomic E-state index is 5.35. The third-order valence-electron chi connectivity index (χ3n) is 3.11. The van der Waals surface area contributed by atoms with E-state index in [9.17, 15) is 0 Å². The minimum absolute atomic E-state index is 0.607. The van der Waals surface area contributed by atoms with Crippen LogP contribution >= 0.6 is 0 Å². The van der Waals surface area contributed by atoms with Gasteiger partial charge in [0.25, 0.3) is 0 Å². The lowest BCUT2D eigenvalue weighted by Gasteiger charge is -2.20. The highest BCUT2D eigenvalue weighted by atomic mass is 15.3. The van der Waals surface area contributed by atoms with Crippen LogP contribution in [0.4, 0.5) is 11.6 Å². The van der Waals surface area contributed by atoms with Crippen LogP contribution in [0.1, 0.15) is 32.5 Å². The van der Waals surface area contributed by atoms with Gasteiger partial charge in [0, 0.05) is 18.7 Å². The Morgan fingerprint density at radius 3 is 2.58 bits per heavy atom. The van der Waals surface area contributed by atoms with Gasteiger partial charge in [0.1, 0.15) is 17.5 Å². The van der Waals surface area contributed by atoms with E-state index in [4.69, 9.17) is 5.84 Å². The topological polar surface area (TPSA) is 79.1 Å². The highest BCUT2D eigenvalue weighted by Crippen LogP contribution is 2.10. The molecule has 1 heterocycles. The van der Waals surface area contributed by atoms with Gasteiger partial charge in [0.05, 0.1) is 0 Å². The average Bonchev–Trinajstić information content (AvgIpc) is 2.37. The van der Waals surface area contributed by atoms with Crippen molar-refractivity contribution < 1.29 is 0 Å². The number of nitrogen functional groups attached to an aromatic ring is 1. The van der Waals surface area contributed by atoms with Crippen LogP contribution in [0.15, 0.2) is 6.07 Å². The summed E-state index contributed by atoms with van der Waals surface area (Å²) in [6, 6.07) is 2.42. The van der Waals surface area contributed by atoms with Crippen LogP contribution in [0.2, 0.25) is 0 Å². The molecule has 0 aliphatic rings. The lowest BCUT2D eigenvalue weighted by Crippen LogP contribution is -2.27. The van der Waals surface area contributed by atoms with E-state index < -0.39 is 0 Å². The SMILES string of the molecule is Cc1nc(NN)cc(NCCCCN(C)C(C)C)n1. The second kappa shape index (κ2) is 7.91. The number of aryl methyl sites for hydroxylation is 1. The van der Waals surface area contributed by atoms with E-state index in [0.29, 0.717) is 17.7 Å². The first-order chi connectivity index (χ1) is 9.02. The summed E-state index contributed by atoms with van der Waals surface area (Å²) in [6.45, 7) is 8.31. The summed E-state index contributed by atoms with van der Waals surface area (Å²) in [5.74, 6) is 7.51. The number of hydrazine groups is 1. The zero-order chi connectivity index (χ0) is 14.3. The van der Waals surface area contributed by atoms with Crippen molar-refractivity contribution in [2.24, 2.45) is 5.84 Å². The molecular weight excluding hydrogens is 240 g/mol. The second-order valence-electron chi connectivity index (χ2n) is 5.04. The van der Waals surface area contributed by atoms with Crippen molar-refractivity contribution >= 4 is 11.6 Å². The minimum Gasteiger partial charge on any atom is -0.370 e. The molecule has 4 N–H and O–H groups in total. The third-order valence-corrected chi connectivity index (χ3v) is 3.11. The fourth-order valence-corrected chi connectivity index (χ4v) is 1.69. The molecule has 0 unspecified atom stereocenters. The number of hydrogen-bond acceptors (Lipinski definition) is 6. The van der Waals surface area contributed by atoms with E-state index in [0.717, 1.165) is 25.3 Å². The number of aromatic nitrogens is 2. The van der Waals surface area contributed by atoms with Gasteiger partial charge in [-0.2, -0.15) is 0 Å². The van der Waals surface area contributed by atoms with E-state index in [1.165, 1.54) is 6.42 Å². The van der Waals surface area contributed by atoms with Crippen LogP contribution in [0.3, 0.4) is 0 Å². The largest absolute Gasteiger partial charge is 0.370 e. The summed E-state index contributed by atoms with van der Waals surface area (Å²) < 4.78 is 0. The molecule has 0 saturated heterocycles. The first kappa shape index (κ1) is 15.7. The molecule has 0 aromatic carbocycles. The molecule has 6 nitrogen and oxygen atoms in total. The van der Waals surface area contributed by atoms with Gasteiger partial charge < -0.3 is 15.6 Å². The summed E-state index contributed by atoms with van der Waals surface area (Å²) in [5.41, 5.74) is 2.54. The zero-order valence-corrected chi connectivity index (χ0v) is 12.4. The number of anilines is 2. The lowest BCUT2D eigenvalue weighted by molar-refractivity contribution is 0.269. The molecular formula is C13H26N6. The monoisotopic (exact) mass is 266 g/mol. The molecule has 6 heteroatoms. The van der Waals surface area contributed by atoms with E-state index >= 15 is 0 Å². The fourth-order valence-electron chi connectivity index (χ4n) is 1.69. The van der Waals surface area contributed by atoms with Crippen molar-refractivity contribution in [1.29, 1.82) is 0 Å². The van der Waals surface area contributed by atoms with Gasteiger partial charge in [-0.25, -0.2) is 15.8 Å². The molecule has 0 bridgehead atoms. The van der Waals surface area contributed by atoms with Crippen LogP contribution in [0.5, 0.6) is 0 Å². The normalized spacial score (nSPS) is 11.1. The molecule has 1 aromatic rings. The summed E-state index contributed by atoms with van der Waals surface area (Å²) in [4.78, 5) is 10.8. The van der Waals surface area contributed by atoms with Gasteiger partial charge >= 0.3 is 0 Å². The molecule has 0 aliphatic carbocycles. The molecule has 0 aliphatic heterocycles. The van der Waals surface area contributed by atoms with Gasteiger partial charge in [-0.15, -0.1) is 0 Å². The summed E-state index contributed by atoms with van der Waals surface area (Å²) in [5, 5.41) is 3.30. The summed E-state index contributed by atoms with van der Waals surface area (Å²) >= 11 is 0. The molecule has 0 fully saturated rings. The smallest absolute Gasteiger partial charge is 0.145 e. The van der Waals surface area contributed by atoms with Crippen LogP contribution in [-0.2, 0) is 0 Å². The van der Waals surface area contributed by atoms with E-state index in [-0.39, 0.29) is 0 Å². The van der Waals surface area contributed by atoms with Gasteiger partial charge in [-0.1, -0.05) is 0 Å². The zero-order valence-electron chi connectivity index (χ0n) is 12.4. The number of unbranched alkanes of at least 4 members (excludes halogenated alkanes) is 1. The average molecular weight is 266 g/mol. The molecule has 0 spiro atoms. The van der Waals surface area contributed by atoms with E-state index in [2.05, 4.69) is 46.5 Å². The number of nitrogens with one attached hydrogen (secondary N) is 2. The van der Waals surface area contributed by atoms with E-state index in [1.807, 2.05) is 13.0 Å². The molecule has 0 saturated carbocycles. The Balaban J connectivity index is 2.28. The van der Waals surface area contributed by atoms with Gasteiger partial charge in [-0.05, 0) is 47.2 Å². The minimum atomic E-state index is 0.607. The Morgan fingerprint density at radius 2 is 1.95 bits per heavy atom. The predicted octanol–water partition coefficient (Wildman–Crippen LogP) is 1.60. The number of hydrogen-bond donors (Lipinski definition) is 3. The number of nitrogens with two attached hydrogens (primary N) is 1. The van der Waals surface area contributed by atoms with Gasteiger partial charge in [0.15, 0.2) is 0 Å². The van der Waals surface area contributed by atoms with Crippen LogP contribution in [-0.4, -0.2) is 41.0 Å². The summed E-state index contributed by atoms with van der Waals surface area (Å²) in [7, 11) is 2.16. The molecule has 19 heavy (non-hydrogen) atoms. The molecule has 108 valence electrons. The molecule has 0 amide bonds. The molecule has 0 radical (unpaired) electrons. The first-order valence-corrected chi connectivity index (χ1v) is 6.79. The molecule has 0 atom stereocenters. The quantitative estimate of drug-likeness (QED) is 0.377. The van der Waals surface area contributed by atoms with Crippen LogP contribution in [0, 0.1) is 6.92 Å². The Labute approximate surface area is 115 Å². The van der Waals surface area contributed by atoms with Crippen molar-refractivity contribution in [3.05, 3.63) is 11.9 Å². The second-order valence-corrected chi connectivity index (χ2v) is 5.04. The summed E-state index contributed by atoms with van der Waals surface area (Å²) in [6.07, 6.45) is 2.29. The lowest BCUT2D eigenvalue weighted by atomic mass is 10.2. The third kappa shape index (κ3) is 5.85. The van der Waals surface area contributed by atoms with Crippen LogP contribution < -0.4 is 16.6 Å². The van der Waals surface area contributed by atoms with Crippen molar-refractivity contribution in [1.82, 2.24) is 14.9 Å². The predicted molar refractivity (Wildman–Crippen MR) is 80.1 cm³/mol. The first-order valence-electron chi connectivity index (χ1n) is 6.79. The maximum Gasteiger partial charge on any atom is 0.145 e. The van der Waals surface area contributed by atoms with E-state index in [1.54, 1.807) is 0 Å². The fraction of sp³-hybridized carbons (Fsp3) is 0.692. The van der Waals surface area contributed by atoms with Gasteiger partial charge in [-0.3, -0.25) is 0 Å². The molecule has 1 rings (SSSR count). The molecule has 1 aromatic heterocycles. The Hall–Kier alpha value is -1.40. The van der Waals surface area contributed by atoms with Crippen molar-refractivity contribution in [2.45, 2.75) is 39.7 Å². The van der Waals surface area contributed by atoms with Crippen molar-refractivity contribution in [3.63, 3.8) is 0 Å². The standard InChI is InChI=1S/C13H26N6/c1-10(2)19(4)8-6-5-7-15-12-9-13(18-14)17-11(3)16-12/h9-10H,5-8,14H2,1-4H3,(H2,15,16,17,18). The van der Waals surface area contributed by atoms with Gasteiger partial charge in [0.2, 0.25) is 0 Å². The Kier molecular flexibility index (Phi) is 6.52. The van der Waals surface area contributed by atoms with Crippen LogP contribution in [0.25, 0.3) is 0 Å².